The number of fused-ring (bicyclic) bond motifs is 5. The molecule has 2 aliphatic heterocycles. The van der Waals surface area contributed by atoms with Crippen molar-refractivity contribution in [3.05, 3.63) is 109 Å². The van der Waals surface area contributed by atoms with Crippen molar-refractivity contribution in [2.45, 2.75) is 41.5 Å². The van der Waals surface area contributed by atoms with Crippen LogP contribution in [0.1, 0.15) is 41.5 Å². The van der Waals surface area contributed by atoms with Crippen molar-refractivity contribution in [2.75, 3.05) is 0 Å². The first-order chi connectivity index (χ1) is 20.9. The van der Waals surface area contributed by atoms with Gasteiger partial charge in [0.2, 0.25) is 0 Å². The number of hydrogen-bond donors (Lipinski definition) is 1. The maximum absolute atomic E-state index is 11.5. The number of hydrogen-bond acceptors (Lipinski definition) is 3. The molecule has 45 heavy (non-hydrogen) atoms. The van der Waals surface area contributed by atoms with E-state index in [2.05, 4.69) is 91.0 Å². The molecule has 0 bridgehead atoms. The number of ketones is 1. The SMILES string of the molecule is CC(C)(C)C(=O)/C=C(\O)C(C)(C)C.[Ir].[c-]1ccc2c(c1-c1cc3ccccc3cn1)[Se]c1cccc3c1B2c1ccccc1[Se]3. The number of benzene rings is 4. The molecule has 0 atom stereocenters. The quantitative estimate of drug-likeness (QED) is 0.126. The first-order valence-electron chi connectivity index (χ1n) is 14.8. The van der Waals surface area contributed by atoms with Crippen molar-refractivity contribution in [3.8, 4) is 11.3 Å². The predicted molar refractivity (Wildman–Crippen MR) is 188 cm³/mol. The Morgan fingerprint density at radius 2 is 1.44 bits per heavy atom. The summed E-state index contributed by atoms with van der Waals surface area (Å²) in [5.74, 6) is 0.104. The summed E-state index contributed by atoms with van der Waals surface area (Å²) in [5.41, 5.74) is 5.96. The van der Waals surface area contributed by atoms with Crippen LogP contribution in [0.3, 0.4) is 0 Å². The Bertz CT molecular complexity index is 1940. The third kappa shape index (κ3) is 6.86. The van der Waals surface area contributed by atoms with Crippen molar-refractivity contribution in [1.29, 1.82) is 0 Å². The summed E-state index contributed by atoms with van der Waals surface area (Å²) in [6, 6.07) is 34.7. The summed E-state index contributed by atoms with van der Waals surface area (Å²) in [4.78, 5) is 16.3. The fourth-order valence-electron chi connectivity index (χ4n) is 5.31. The van der Waals surface area contributed by atoms with Gasteiger partial charge < -0.3 is 5.11 Å². The van der Waals surface area contributed by atoms with Gasteiger partial charge in [0.05, 0.1) is 0 Å². The molecule has 0 amide bonds. The Balaban J connectivity index is 0.000000246. The van der Waals surface area contributed by atoms with Gasteiger partial charge in [-0.15, -0.1) is 0 Å². The first kappa shape index (κ1) is 33.6. The van der Waals surface area contributed by atoms with Crippen molar-refractivity contribution >= 4 is 87.4 Å². The number of pyridine rings is 1. The van der Waals surface area contributed by atoms with Crippen LogP contribution in [0.4, 0.5) is 0 Å². The van der Waals surface area contributed by atoms with Crippen LogP contribution in [-0.4, -0.2) is 52.5 Å². The summed E-state index contributed by atoms with van der Waals surface area (Å²) in [5, 5.41) is 12.0. The molecular formula is C38H35BIrNO2Se2-. The van der Waals surface area contributed by atoms with E-state index in [-0.39, 0.29) is 52.0 Å². The average molecular weight is 899 g/mol. The van der Waals surface area contributed by atoms with Crippen molar-refractivity contribution in [2.24, 2.45) is 10.8 Å². The zero-order valence-corrected chi connectivity index (χ0v) is 32.1. The van der Waals surface area contributed by atoms with Crippen LogP contribution in [0, 0.1) is 16.9 Å². The molecule has 0 saturated carbocycles. The number of aliphatic hydroxyl groups excluding tert-OH is 1. The monoisotopic (exact) mass is 901 g/mol. The molecule has 7 heteroatoms. The molecule has 0 spiro atoms. The maximum atomic E-state index is 11.5. The van der Waals surface area contributed by atoms with Crippen LogP contribution in [0.2, 0.25) is 0 Å². The Labute approximate surface area is 293 Å². The Kier molecular flexibility index (Phi) is 9.83. The molecule has 3 heterocycles. The van der Waals surface area contributed by atoms with Crippen LogP contribution in [0.25, 0.3) is 22.0 Å². The van der Waals surface area contributed by atoms with Crippen LogP contribution < -0.4 is 34.2 Å². The Hall–Kier alpha value is -2.75. The summed E-state index contributed by atoms with van der Waals surface area (Å²) in [7, 11) is 0. The third-order valence-corrected chi connectivity index (χ3v) is 12.9. The topological polar surface area (TPSA) is 50.2 Å². The molecule has 0 fully saturated rings. The molecule has 4 aromatic carbocycles. The summed E-state index contributed by atoms with van der Waals surface area (Å²) in [6.07, 6.45) is 3.33. The zero-order chi connectivity index (χ0) is 31.2. The van der Waals surface area contributed by atoms with Crippen LogP contribution >= 0.6 is 0 Å². The standard InChI is InChI=1S/C27H15BNSe2.C11H20O2.Ir/c1-2-8-18-16-29-22(15-17(18)7-1)19-9-5-11-21-27(19)31-25-14-6-13-24-26(25)28(21)20-10-3-4-12-23(20)30-24;1-10(2,3)8(12)7-9(13)11(4,5)6;/h1-8,10-16H;7,12H,1-6H3;/q-1;;/b;8-7-;. The minimum atomic E-state index is -0.417. The fraction of sp³-hybridized carbons (Fsp3) is 0.211. The van der Waals surface area contributed by atoms with Gasteiger partial charge in [-0.1, -0.05) is 41.5 Å². The van der Waals surface area contributed by atoms with E-state index in [1.165, 1.54) is 46.7 Å². The number of carbonyl (C=O) groups is 1. The van der Waals surface area contributed by atoms with Crippen LogP contribution in [0.15, 0.2) is 103 Å². The van der Waals surface area contributed by atoms with E-state index in [1.807, 2.05) is 47.7 Å². The van der Waals surface area contributed by atoms with E-state index in [9.17, 15) is 9.90 Å². The van der Waals surface area contributed by atoms with Crippen molar-refractivity contribution in [3.63, 3.8) is 0 Å². The normalized spacial score (nSPS) is 13.5. The summed E-state index contributed by atoms with van der Waals surface area (Å²) >= 11 is 0.635. The molecule has 229 valence electrons. The van der Waals surface area contributed by atoms with Gasteiger partial charge in [-0.3, -0.25) is 4.79 Å². The molecule has 0 saturated heterocycles. The van der Waals surface area contributed by atoms with E-state index in [0.29, 0.717) is 21.7 Å². The van der Waals surface area contributed by atoms with Gasteiger partial charge in [0.25, 0.3) is 0 Å². The predicted octanol–water partition coefficient (Wildman–Crippen LogP) is 3.24. The van der Waals surface area contributed by atoms with Gasteiger partial charge in [-0.25, -0.2) is 0 Å². The summed E-state index contributed by atoms with van der Waals surface area (Å²) in [6.45, 7) is 11.4. The van der Waals surface area contributed by atoms with Crippen LogP contribution in [0.5, 0.6) is 0 Å². The van der Waals surface area contributed by atoms with E-state index in [1.54, 1.807) is 9.92 Å². The first-order valence-corrected chi connectivity index (χ1v) is 18.3. The summed E-state index contributed by atoms with van der Waals surface area (Å²) < 4.78 is 6.04. The molecular weight excluding hydrogens is 863 g/mol. The van der Waals surface area contributed by atoms with Gasteiger partial charge in [0.1, 0.15) is 5.76 Å². The second-order valence-electron chi connectivity index (χ2n) is 13.3. The average Bonchev–Trinajstić information content (AvgIpc) is 3.00. The molecule has 5 aromatic rings. The Morgan fingerprint density at radius 3 is 2.16 bits per heavy atom. The number of aromatic nitrogens is 1. The molecule has 0 unspecified atom stereocenters. The molecule has 1 radical (unpaired) electrons. The van der Waals surface area contributed by atoms with E-state index in [4.69, 9.17) is 4.98 Å². The third-order valence-electron chi connectivity index (χ3n) is 7.93. The molecule has 1 N–H and O–H groups in total. The van der Waals surface area contributed by atoms with Gasteiger partial charge >= 0.3 is 195 Å². The van der Waals surface area contributed by atoms with Crippen molar-refractivity contribution in [1.82, 2.24) is 4.98 Å². The molecule has 2 aliphatic rings. The molecule has 0 aliphatic carbocycles. The zero-order valence-electron chi connectivity index (χ0n) is 26.3. The number of nitrogens with zero attached hydrogens (tertiary/aromatic N) is 1. The Morgan fingerprint density at radius 1 is 0.800 bits per heavy atom. The number of carbonyl (C=O) groups excluding carboxylic acids is 1. The molecule has 7 rings (SSSR count). The van der Waals surface area contributed by atoms with Gasteiger partial charge in [-0.2, -0.15) is 0 Å². The second kappa shape index (κ2) is 13.2. The van der Waals surface area contributed by atoms with Crippen LogP contribution in [-0.2, 0) is 24.9 Å². The molecule has 1 aromatic heterocycles. The minimum absolute atomic E-state index is 0. The van der Waals surface area contributed by atoms with E-state index in [0.717, 1.165) is 5.69 Å². The van der Waals surface area contributed by atoms with Gasteiger partial charge in [0.15, 0.2) is 5.78 Å². The fourth-order valence-corrected chi connectivity index (χ4v) is 10.8. The number of allylic oxidation sites excluding steroid dienone is 2. The molecule has 3 nitrogen and oxygen atoms in total. The van der Waals surface area contributed by atoms with Gasteiger partial charge in [0, 0.05) is 37.0 Å². The van der Waals surface area contributed by atoms with E-state index < -0.39 is 5.41 Å². The number of rotatable bonds is 2. The van der Waals surface area contributed by atoms with E-state index >= 15 is 0 Å². The van der Waals surface area contributed by atoms with Crippen molar-refractivity contribution < 1.29 is 30.0 Å². The van der Waals surface area contributed by atoms with Gasteiger partial charge in [-0.05, 0) is 0 Å². The number of aliphatic hydroxyl groups is 1. The second-order valence-corrected chi connectivity index (χ2v) is 17.8.